The topological polar surface area (TPSA) is 30.5 Å². The predicted molar refractivity (Wildman–Crippen MR) is 68.4 cm³/mol. The van der Waals surface area contributed by atoms with Crippen LogP contribution in [0, 0.1) is 0 Å². The lowest BCUT2D eigenvalue weighted by Crippen LogP contribution is -2.40. The van der Waals surface area contributed by atoms with Crippen molar-refractivity contribution in [2.75, 3.05) is 19.8 Å². The van der Waals surface area contributed by atoms with Gasteiger partial charge in [-0.3, -0.25) is 0 Å². The van der Waals surface area contributed by atoms with Crippen molar-refractivity contribution >= 4 is 0 Å². The van der Waals surface area contributed by atoms with Gasteiger partial charge < -0.3 is 14.8 Å². The molecule has 17 heavy (non-hydrogen) atoms. The van der Waals surface area contributed by atoms with Gasteiger partial charge in [0.15, 0.2) is 0 Å². The van der Waals surface area contributed by atoms with Crippen LogP contribution in [0.4, 0.5) is 0 Å². The summed E-state index contributed by atoms with van der Waals surface area (Å²) >= 11 is 0. The third-order valence-electron chi connectivity index (χ3n) is 3.10. The van der Waals surface area contributed by atoms with E-state index in [0.717, 1.165) is 25.5 Å². The van der Waals surface area contributed by atoms with Gasteiger partial charge in [0.1, 0.15) is 11.4 Å². The molecule has 0 aliphatic carbocycles. The first kappa shape index (κ1) is 12.4. The first-order valence-corrected chi connectivity index (χ1v) is 6.24. The number of para-hydroxylation sites is 1. The highest BCUT2D eigenvalue weighted by atomic mass is 16.5. The molecule has 0 amide bonds. The average Bonchev–Trinajstić information content (AvgIpc) is 2.55. The normalized spacial score (nSPS) is 21.0. The quantitative estimate of drug-likeness (QED) is 0.795. The van der Waals surface area contributed by atoms with Crippen LogP contribution in [-0.2, 0) is 4.74 Å². The standard InChI is InChI=1S/C14H21NO2/c1-4-16-10-9-15-13-11-7-5-6-8-12(11)17-14(13,2)3/h5-8,13,15H,4,9-10H2,1-3H3. The van der Waals surface area contributed by atoms with Crippen LogP contribution in [0.25, 0.3) is 0 Å². The molecule has 94 valence electrons. The van der Waals surface area contributed by atoms with Crippen LogP contribution < -0.4 is 10.1 Å². The summed E-state index contributed by atoms with van der Waals surface area (Å²) in [6.45, 7) is 8.60. The summed E-state index contributed by atoms with van der Waals surface area (Å²) in [5.41, 5.74) is 1.05. The Hall–Kier alpha value is -1.06. The van der Waals surface area contributed by atoms with E-state index >= 15 is 0 Å². The Bertz CT molecular complexity index is 376. The van der Waals surface area contributed by atoms with Crippen molar-refractivity contribution in [2.24, 2.45) is 0 Å². The summed E-state index contributed by atoms with van der Waals surface area (Å²) in [5.74, 6) is 0.992. The molecule has 0 bridgehead atoms. The molecule has 2 rings (SSSR count). The molecule has 3 nitrogen and oxygen atoms in total. The lowest BCUT2D eigenvalue weighted by molar-refractivity contribution is 0.0875. The van der Waals surface area contributed by atoms with Gasteiger partial charge in [-0.05, 0) is 26.8 Å². The van der Waals surface area contributed by atoms with E-state index in [2.05, 4.69) is 31.3 Å². The molecule has 1 aromatic rings. The Morgan fingerprint density at radius 2 is 2.12 bits per heavy atom. The van der Waals surface area contributed by atoms with Gasteiger partial charge in [-0.25, -0.2) is 0 Å². The highest BCUT2D eigenvalue weighted by Crippen LogP contribution is 2.42. The van der Waals surface area contributed by atoms with Crippen LogP contribution >= 0.6 is 0 Å². The van der Waals surface area contributed by atoms with Gasteiger partial charge in [0.2, 0.25) is 0 Å². The zero-order chi connectivity index (χ0) is 12.3. The zero-order valence-electron chi connectivity index (χ0n) is 10.8. The largest absolute Gasteiger partial charge is 0.486 e. The van der Waals surface area contributed by atoms with E-state index < -0.39 is 0 Å². The van der Waals surface area contributed by atoms with Crippen LogP contribution in [0.2, 0.25) is 0 Å². The Labute approximate surface area is 103 Å². The third kappa shape index (κ3) is 2.61. The molecule has 3 heteroatoms. The van der Waals surface area contributed by atoms with Gasteiger partial charge in [0, 0.05) is 18.7 Å². The number of benzene rings is 1. The SMILES string of the molecule is CCOCCNC1c2ccccc2OC1(C)C. The number of hydrogen-bond acceptors (Lipinski definition) is 3. The fraction of sp³-hybridized carbons (Fsp3) is 0.571. The molecule has 1 heterocycles. The van der Waals surface area contributed by atoms with Gasteiger partial charge >= 0.3 is 0 Å². The molecular weight excluding hydrogens is 214 g/mol. The van der Waals surface area contributed by atoms with Gasteiger partial charge in [-0.1, -0.05) is 18.2 Å². The molecule has 0 saturated carbocycles. The molecule has 1 aromatic carbocycles. The minimum atomic E-state index is -0.199. The maximum absolute atomic E-state index is 5.96. The molecule has 1 unspecified atom stereocenters. The minimum absolute atomic E-state index is 0.199. The summed E-state index contributed by atoms with van der Waals surface area (Å²) in [6.07, 6.45) is 0. The molecular formula is C14H21NO2. The summed E-state index contributed by atoms with van der Waals surface area (Å²) in [4.78, 5) is 0. The first-order chi connectivity index (χ1) is 8.15. The molecule has 0 aromatic heterocycles. The van der Waals surface area contributed by atoms with Gasteiger partial charge in [0.05, 0.1) is 12.6 Å². The molecule has 0 fully saturated rings. The van der Waals surface area contributed by atoms with Crippen LogP contribution in [0.15, 0.2) is 24.3 Å². The zero-order valence-corrected chi connectivity index (χ0v) is 10.8. The number of rotatable bonds is 5. The van der Waals surface area contributed by atoms with Gasteiger partial charge in [-0.2, -0.15) is 0 Å². The van der Waals surface area contributed by atoms with Crippen LogP contribution in [0.5, 0.6) is 5.75 Å². The summed E-state index contributed by atoms with van der Waals surface area (Å²) in [5, 5.41) is 3.51. The number of nitrogens with one attached hydrogen (secondary N) is 1. The van der Waals surface area contributed by atoms with Crippen LogP contribution in [0.1, 0.15) is 32.4 Å². The third-order valence-corrected chi connectivity index (χ3v) is 3.10. The van der Waals surface area contributed by atoms with Crippen molar-refractivity contribution in [1.29, 1.82) is 0 Å². The Morgan fingerprint density at radius 1 is 1.35 bits per heavy atom. The molecule has 0 radical (unpaired) electrons. The van der Waals surface area contributed by atoms with Gasteiger partial charge in [-0.15, -0.1) is 0 Å². The molecule has 1 aliphatic rings. The Balaban J connectivity index is 2.04. The average molecular weight is 235 g/mol. The highest BCUT2D eigenvalue weighted by Gasteiger charge is 2.40. The fourth-order valence-electron chi connectivity index (χ4n) is 2.30. The van der Waals surface area contributed by atoms with Crippen molar-refractivity contribution in [3.63, 3.8) is 0 Å². The summed E-state index contributed by atoms with van der Waals surface area (Å²) in [6, 6.07) is 8.46. The maximum atomic E-state index is 5.96. The second kappa shape index (κ2) is 5.07. The maximum Gasteiger partial charge on any atom is 0.125 e. The van der Waals surface area contributed by atoms with Crippen molar-refractivity contribution in [2.45, 2.75) is 32.4 Å². The van der Waals surface area contributed by atoms with E-state index in [1.165, 1.54) is 5.56 Å². The molecule has 1 aliphatic heterocycles. The predicted octanol–water partition coefficient (Wildman–Crippen LogP) is 2.52. The van der Waals surface area contributed by atoms with Crippen LogP contribution in [0.3, 0.4) is 0 Å². The molecule has 1 atom stereocenters. The van der Waals surface area contributed by atoms with E-state index in [-0.39, 0.29) is 11.6 Å². The second-order valence-corrected chi connectivity index (χ2v) is 4.83. The second-order valence-electron chi connectivity index (χ2n) is 4.83. The lowest BCUT2D eigenvalue weighted by atomic mass is 9.94. The fourth-order valence-corrected chi connectivity index (χ4v) is 2.30. The first-order valence-electron chi connectivity index (χ1n) is 6.24. The summed E-state index contributed by atoms with van der Waals surface area (Å²) in [7, 11) is 0. The van der Waals surface area contributed by atoms with Crippen molar-refractivity contribution in [3.8, 4) is 5.75 Å². The minimum Gasteiger partial charge on any atom is -0.486 e. The van der Waals surface area contributed by atoms with E-state index in [1.807, 2.05) is 19.1 Å². The molecule has 1 N–H and O–H groups in total. The van der Waals surface area contributed by atoms with Crippen molar-refractivity contribution in [3.05, 3.63) is 29.8 Å². The van der Waals surface area contributed by atoms with Crippen molar-refractivity contribution in [1.82, 2.24) is 5.32 Å². The van der Waals surface area contributed by atoms with Crippen LogP contribution in [-0.4, -0.2) is 25.4 Å². The van der Waals surface area contributed by atoms with E-state index in [4.69, 9.17) is 9.47 Å². The molecule has 0 spiro atoms. The van der Waals surface area contributed by atoms with E-state index in [1.54, 1.807) is 0 Å². The van der Waals surface area contributed by atoms with Crippen molar-refractivity contribution < 1.29 is 9.47 Å². The Kier molecular flexibility index (Phi) is 3.69. The number of fused-ring (bicyclic) bond motifs is 1. The number of ether oxygens (including phenoxy) is 2. The smallest absolute Gasteiger partial charge is 0.125 e. The highest BCUT2D eigenvalue weighted by molar-refractivity contribution is 5.42. The summed E-state index contributed by atoms with van der Waals surface area (Å²) < 4.78 is 11.3. The lowest BCUT2D eigenvalue weighted by Gasteiger charge is -2.27. The monoisotopic (exact) mass is 235 g/mol. The Morgan fingerprint density at radius 3 is 2.88 bits per heavy atom. The van der Waals surface area contributed by atoms with E-state index in [9.17, 15) is 0 Å². The molecule has 0 saturated heterocycles. The van der Waals surface area contributed by atoms with Gasteiger partial charge in [0.25, 0.3) is 0 Å². The number of hydrogen-bond donors (Lipinski definition) is 1. The van der Waals surface area contributed by atoms with E-state index in [0.29, 0.717) is 0 Å².